The van der Waals surface area contributed by atoms with Crippen molar-refractivity contribution in [1.82, 2.24) is 24.1 Å². The number of ether oxygens (including phenoxy) is 2. The lowest BCUT2D eigenvalue weighted by Gasteiger charge is -2.26. The Morgan fingerprint density at radius 1 is 0.761 bits per heavy atom. The molecule has 3 aromatic heterocycles. The van der Waals surface area contributed by atoms with E-state index in [1.165, 1.54) is 11.3 Å². The van der Waals surface area contributed by atoms with E-state index >= 15 is 0 Å². The van der Waals surface area contributed by atoms with Crippen molar-refractivity contribution in [1.29, 1.82) is 0 Å². The van der Waals surface area contributed by atoms with Gasteiger partial charge in [-0.05, 0) is 55.8 Å². The van der Waals surface area contributed by atoms with Crippen LogP contribution < -0.4 is 14.4 Å². The van der Waals surface area contributed by atoms with Crippen LogP contribution in [0.3, 0.4) is 0 Å². The number of benzene rings is 3. The number of halogens is 3. The van der Waals surface area contributed by atoms with Gasteiger partial charge in [0, 0.05) is 35.3 Å². The third kappa shape index (κ3) is 5.60. The largest absolute Gasteiger partial charge is 0.494 e. The van der Waals surface area contributed by atoms with Gasteiger partial charge >= 0.3 is 0 Å². The zero-order valence-corrected chi connectivity index (χ0v) is 26.9. The number of nitrogens with zero attached hydrogens (tertiary/aromatic N) is 6. The van der Waals surface area contributed by atoms with Crippen molar-refractivity contribution in [3.8, 4) is 22.9 Å². The number of imidazole rings is 2. The standard InChI is InChI=1S/C34H31F3N6O2S/c1-20-15-41(18-38-20)27-9-7-23(13-29(27)44-5)43(24-8-10-28(30(14-24)45-6)42-16-21(2)39-19-42)33-40-31(17-46-33)34(3,4)22-11-25(35)32(37)26(36)12-22/h7-19H,1-6H3. The van der Waals surface area contributed by atoms with E-state index in [0.717, 1.165) is 46.3 Å². The smallest absolute Gasteiger partial charge is 0.194 e. The van der Waals surface area contributed by atoms with Crippen molar-refractivity contribution in [3.63, 3.8) is 0 Å². The maximum Gasteiger partial charge on any atom is 0.194 e. The molecule has 3 aromatic carbocycles. The normalized spacial score (nSPS) is 11.6. The lowest BCUT2D eigenvalue weighted by molar-refractivity contribution is 0.412. The summed E-state index contributed by atoms with van der Waals surface area (Å²) in [5.74, 6) is -2.80. The molecular weight excluding hydrogens is 613 g/mol. The van der Waals surface area contributed by atoms with Crippen LogP contribution in [0.25, 0.3) is 11.4 Å². The molecule has 0 amide bonds. The molecule has 0 bridgehead atoms. The Balaban J connectivity index is 1.49. The molecule has 46 heavy (non-hydrogen) atoms. The Morgan fingerprint density at radius 3 is 1.70 bits per heavy atom. The number of thiazole rings is 1. The predicted molar refractivity (Wildman–Crippen MR) is 172 cm³/mol. The van der Waals surface area contributed by atoms with Crippen molar-refractivity contribution < 1.29 is 22.6 Å². The molecule has 0 N–H and O–H groups in total. The summed E-state index contributed by atoms with van der Waals surface area (Å²) in [6.45, 7) is 7.41. The van der Waals surface area contributed by atoms with Crippen LogP contribution in [0, 0.1) is 31.3 Å². The summed E-state index contributed by atoms with van der Waals surface area (Å²) in [6, 6.07) is 13.6. The van der Waals surface area contributed by atoms with Crippen LogP contribution in [0.15, 0.2) is 79.0 Å². The molecule has 8 nitrogen and oxygen atoms in total. The van der Waals surface area contributed by atoms with Gasteiger partial charge in [-0.25, -0.2) is 28.1 Å². The summed E-state index contributed by atoms with van der Waals surface area (Å²) < 4.78 is 57.7. The van der Waals surface area contributed by atoms with Gasteiger partial charge in [-0.15, -0.1) is 11.3 Å². The first-order valence-electron chi connectivity index (χ1n) is 14.3. The number of methoxy groups -OCH3 is 2. The lowest BCUT2D eigenvalue weighted by atomic mass is 9.82. The zero-order chi connectivity index (χ0) is 32.7. The van der Waals surface area contributed by atoms with Crippen molar-refractivity contribution in [3.05, 3.63) is 119 Å². The van der Waals surface area contributed by atoms with E-state index in [1.807, 2.05) is 82.1 Å². The molecule has 0 aliphatic carbocycles. The van der Waals surface area contributed by atoms with E-state index in [4.69, 9.17) is 14.5 Å². The first-order valence-corrected chi connectivity index (χ1v) is 15.2. The second kappa shape index (κ2) is 12.0. The Hall–Kier alpha value is -5.10. The van der Waals surface area contributed by atoms with E-state index in [9.17, 15) is 13.2 Å². The second-order valence-corrected chi connectivity index (χ2v) is 12.1. The summed E-state index contributed by atoms with van der Waals surface area (Å²) in [6.07, 6.45) is 7.27. The number of aryl methyl sites for hydroxylation is 2. The quantitative estimate of drug-likeness (QED) is 0.147. The summed E-state index contributed by atoms with van der Waals surface area (Å²) in [7, 11) is 3.21. The van der Waals surface area contributed by atoms with Gasteiger partial charge in [0.2, 0.25) is 0 Å². The molecule has 0 fully saturated rings. The molecule has 0 radical (unpaired) electrons. The minimum atomic E-state index is -1.50. The fraction of sp³-hybridized carbons (Fsp3) is 0.206. The molecule has 3 heterocycles. The van der Waals surface area contributed by atoms with Gasteiger partial charge in [-0.3, -0.25) is 4.90 Å². The zero-order valence-electron chi connectivity index (χ0n) is 26.0. The summed E-state index contributed by atoms with van der Waals surface area (Å²) >= 11 is 1.36. The molecule has 0 atom stereocenters. The molecule has 0 saturated heterocycles. The minimum Gasteiger partial charge on any atom is -0.494 e. The Labute approximate surface area is 268 Å². The predicted octanol–water partition coefficient (Wildman–Crippen LogP) is 8.36. The third-order valence-corrected chi connectivity index (χ3v) is 8.68. The van der Waals surface area contributed by atoms with E-state index in [-0.39, 0.29) is 5.56 Å². The fourth-order valence-electron chi connectivity index (χ4n) is 5.23. The molecular formula is C34H31F3N6O2S. The number of rotatable bonds is 9. The highest BCUT2D eigenvalue weighted by Gasteiger charge is 2.30. The van der Waals surface area contributed by atoms with Crippen LogP contribution in [-0.2, 0) is 5.41 Å². The van der Waals surface area contributed by atoms with E-state index in [2.05, 4.69) is 9.97 Å². The maximum absolute atomic E-state index is 14.2. The third-order valence-electron chi connectivity index (χ3n) is 7.85. The number of hydrogen-bond donors (Lipinski definition) is 0. The topological polar surface area (TPSA) is 70.2 Å². The van der Waals surface area contributed by atoms with Gasteiger partial charge in [0.1, 0.15) is 11.5 Å². The second-order valence-electron chi connectivity index (χ2n) is 11.3. The molecule has 0 aliphatic rings. The van der Waals surface area contributed by atoms with Crippen LogP contribution in [0.5, 0.6) is 11.5 Å². The van der Waals surface area contributed by atoms with Crippen molar-refractivity contribution >= 4 is 27.8 Å². The van der Waals surface area contributed by atoms with Crippen molar-refractivity contribution in [2.75, 3.05) is 19.1 Å². The van der Waals surface area contributed by atoms with Gasteiger partial charge in [-0.2, -0.15) is 0 Å². The van der Waals surface area contributed by atoms with Crippen LogP contribution >= 0.6 is 11.3 Å². The molecule has 0 aliphatic heterocycles. The van der Waals surface area contributed by atoms with Crippen LogP contribution in [0.2, 0.25) is 0 Å². The molecule has 0 saturated carbocycles. The first-order chi connectivity index (χ1) is 22.0. The van der Waals surface area contributed by atoms with E-state index in [1.54, 1.807) is 40.7 Å². The molecule has 6 rings (SSSR count). The SMILES string of the molecule is COc1cc(N(c2ccc(-n3cnc(C)c3)c(OC)c2)c2nc(C(C)(C)c3cc(F)c(F)c(F)c3)cs2)ccc1-n1cnc(C)c1. The fourth-order valence-corrected chi connectivity index (χ4v) is 6.26. The first kappa shape index (κ1) is 30.9. The summed E-state index contributed by atoms with van der Waals surface area (Å²) in [5.41, 5.74) is 4.68. The van der Waals surface area contributed by atoms with Crippen molar-refractivity contribution in [2.24, 2.45) is 0 Å². The van der Waals surface area contributed by atoms with Crippen molar-refractivity contribution in [2.45, 2.75) is 33.1 Å². The average molecular weight is 645 g/mol. The summed E-state index contributed by atoms with van der Waals surface area (Å²) in [5, 5.41) is 2.41. The van der Waals surface area contributed by atoms with Crippen LogP contribution in [0.4, 0.5) is 29.7 Å². The molecule has 6 aromatic rings. The Bertz CT molecular complexity index is 1940. The Kier molecular flexibility index (Phi) is 8.07. The van der Waals surface area contributed by atoms with Gasteiger partial charge in [0.25, 0.3) is 0 Å². The number of anilines is 3. The Morgan fingerprint density at radius 2 is 1.26 bits per heavy atom. The van der Waals surface area contributed by atoms with E-state index in [0.29, 0.717) is 22.3 Å². The minimum absolute atomic E-state index is 0.260. The van der Waals surface area contributed by atoms with Gasteiger partial charge in [0.05, 0.1) is 66.7 Å². The molecule has 0 spiro atoms. The lowest BCUT2D eigenvalue weighted by Crippen LogP contribution is -2.21. The van der Waals surface area contributed by atoms with Gasteiger partial charge in [-0.1, -0.05) is 13.8 Å². The number of hydrogen-bond acceptors (Lipinski definition) is 7. The number of aromatic nitrogens is 5. The molecule has 0 unspecified atom stereocenters. The van der Waals surface area contributed by atoms with Crippen LogP contribution in [-0.4, -0.2) is 38.3 Å². The molecule has 12 heteroatoms. The monoisotopic (exact) mass is 644 g/mol. The van der Waals surface area contributed by atoms with Gasteiger partial charge in [0.15, 0.2) is 22.6 Å². The highest BCUT2D eigenvalue weighted by Crippen LogP contribution is 2.43. The highest BCUT2D eigenvalue weighted by atomic mass is 32.1. The average Bonchev–Trinajstić information content (AvgIpc) is 3.81. The van der Waals surface area contributed by atoms with Gasteiger partial charge < -0.3 is 18.6 Å². The summed E-state index contributed by atoms with van der Waals surface area (Å²) in [4.78, 5) is 15.6. The van der Waals surface area contributed by atoms with E-state index < -0.39 is 22.9 Å². The van der Waals surface area contributed by atoms with Crippen LogP contribution in [0.1, 0.15) is 36.5 Å². The highest BCUT2D eigenvalue weighted by molar-refractivity contribution is 7.14. The molecule has 236 valence electrons. The maximum atomic E-state index is 14.2.